The number of halogens is 2. The summed E-state index contributed by atoms with van der Waals surface area (Å²) in [6, 6.07) is 6.28. The van der Waals surface area contributed by atoms with Crippen molar-refractivity contribution in [3.05, 3.63) is 41.5 Å². The number of hydrogen-bond donors (Lipinski definition) is 0. The Hall–Kier alpha value is -1.16. The molecule has 1 rings (SSSR count). The average Bonchev–Trinajstić information content (AvgIpc) is 2.28. The first kappa shape index (κ1) is 13.9. The van der Waals surface area contributed by atoms with Gasteiger partial charge in [-0.1, -0.05) is 42.1 Å². The summed E-state index contributed by atoms with van der Waals surface area (Å²) in [5, 5.41) is 0.0955. The Morgan fingerprint density at radius 1 is 1.47 bits per heavy atom. The fourth-order valence-corrected chi connectivity index (χ4v) is 1.83. The quantitative estimate of drug-likeness (QED) is 0.730. The first-order valence-electron chi connectivity index (χ1n) is 5.27. The third-order valence-corrected chi connectivity index (χ3v) is 2.91. The summed E-state index contributed by atoms with van der Waals surface area (Å²) in [5.41, 5.74) is 0.792. The Morgan fingerprint density at radius 3 is 2.88 bits per heavy atom. The van der Waals surface area contributed by atoms with Gasteiger partial charge in [0.05, 0.1) is 0 Å². The van der Waals surface area contributed by atoms with Crippen LogP contribution in [0.4, 0.5) is 8.78 Å². The second-order valence-corrected chi connectivity index (χ2v) is 4.77. The van der Waals surface area contributed by atoms with E-state index in [4.69, 9.17) is 0 Å². The highest BCUT2D eigenvalue weighted by molar-refractivity contribution is 8.13. The van der Waals surface area contributed by atoms with Crippen molar-refractivity contribution in [3.63, 3.8) is 0 Å². The molecule has 17 heavy (non-hydrogen) atoms. The Bertz CT molecular complexity index is 402. The number of carbonyl (C=O) groups is 1. The lowest BCUT2D eigenvalue weighted by molar-refractivity contribution is -0.109. The first-order valence-corrected chi connectivity index (χ1v) is 6.26. The zero-order valence-electron chi connectivity index (χ0n) is 9.53. The second kappa shape index (κ2) is 7.22. The van der Waals surface area contributed by atoms with Gasteiger partial charge < -0.3 is 0 Å². The SMILES string of the molecule is CC(=O)SCCC=Cc1cccc(C(F)F)c1. The summed E-state index contributed by atoms with van der Waals surface area (Å²) in [4.78, 5) is 10.7. The maximum Gasteiger partial charge on any atom is 0.263 e. The fraction of sp³-hybridized carbons (Fsp3) is 0.308. The highest BCUT2D eigenvalue weighted by atomic mass is 32.2. The molecule has 0 saturated heterocycles. The van der Waals surface area contributed by atoms with Gasteiger partial charge in [-0.2, -0.15) is 0 Å². The average molecular weight is 256 g/mol. The van der Waals surface area contributed by atoms with E-state index in [1.807, 2.05) is 6.08 Å². The van der Waals surface area contributed by atoms with Gasteiger partial charge in [0.1, 0.15) is 0 Å². The number of hydrogen-bond acceptors (Lipinski definition) is 2. The minimum absolute atomic E-state index is 0.0326. The molecule has 0 heterocycles. The maximum absolute atomic E-state index is 12.4. The molecule has 92 valence electrons. The molecule has 1 nitrogen and oxygen atoms in total. The van der Waals surface area contributed by atoms with Gasteiger partial charge in [-0.05, 0) is 18.1 Å². The van der Waals surface area contributed by atoms with Crippen molar-refractivity contribution in [2.24, 2.45) is 0 Å². The van der Waals surface area contributed by atoms with Crippen LogP contribution in [0.5, 0.6) is 0 Å². The molecule has 0 fully saturated rings. The van der Waals surface area contributed by atoms with Crippen molar-refractivity contribution in [2.45, 2.75) is 19.8 Å². The Morgan fingerprint density at radius 2 is 2.24 bits per heavy atom. The van der Waals surface area contributed by atoms with E-state index in [0.717, 1.165) is 17.7 Å². The minimum atomic E-state index is -2.43. The van der Waals surface area contributed by atoms with Crippen LogP contribution in [0.1, 0.15) is 30.9 Å². The lowest BCUT2D eigenvalue weighted by Gasteiger charge is -2.00. The fourth-order valence-electron chi connectivity index (χ4n) is 1.29. The molecule has 4 heteroatoms. The highest BCUT2D eigenvalue weighted by Gasteiger charge is 2.05. The topological polar surface area (TPSA) is 17.1 Å². The number of benzene rings is 1. The van der Waals surface area contributed by atoms with Gasteiger partial charge >= 0.3 is 0 Å². The summed E-state index contributed by atoms with van der Waals surface area (Å²) in [6.45, 7) is 1.53. The summed E-state index contributed by atoms with van der Waals surface area (Å²) < 4.78 is 24.8. The number of thioether (sulfide) groups is 1. The Labute approximate surface area is 104 Å². The number of carbonyl (C=O) groups excluding carboxylic acids is 1. The van der Waals surface area contributed by atoms with Gasteiger partial charge in [0.15, 0.2) is 5.12 Å². The van der Waals surface area contributed by atoms with Crippen LogP contribution >= 0.6 is 11.8 Å². The lowest BCUT2D eigenvalue weighted by atomic mass is 10.1. The van der Waals surface area contributed by atoms with Crippen molar-refractivity contribution in [1.29, 1.82) is 0 Å². The molecule has 0 atom stereocenters. The molecule has 0 radical (unpaired) electrons. The van der Waals surface area contributed by atoms with Crippen molar-refractivity contribution < 1.29 is 13.6 Å². The predicted molar refractivity (Wildman–Crippen MR) is 68.2 cm³/mol. The molecule has 0 amide bonds. The molecule has 1 aromatic carbocycles. The van der Waals surface area contributed by atoms with Crippen molar-refractivity contribution >= 4 is 23.0 Å². The van der Waals surface area contributed by atoms with E-state index >= 15 is 0 Å². The van der Waals surface area contributed by atoms with Crippen LogP contribution < -0.4 is 0 Å². The van der Waals surface area contributed by atoms with E-state index in [0.29, 0.717) is 0 Å². The van der Waals surface area contributed by atoms with Gasteiger partial charge in [0.25, 0.3) is 6.43 Å². The number of rotatable bonds is 5. The van der Waals surface area contributed by atoms with E-state index < -0.39 is 6.43 Å². The van der Waals surface area contributed by atoms with E-state index in [1.54, 1.807) is 18.2 Å². The minimum Gasteiger partial charge on any atom is -0.288 e. The molecule has 0 spiro atoms. The normalized spacial score (nSPS) is 11.3. The van der Waals surface area contributed by atoms with Crippen LogP contribution in [0, 0.1) is 0 Å². The van der Waals surface area contributed by atoms with Gasteiger partial charge in [-0.15, -0.1) is 0 Å². The first-order chi connectivity index (χ1) is 8.09. The predicted octanol–water partition coefficient (Wildman–Crippen LogP) is 4.31. The largest absolute Gasteiger partial charge is 0.288 e. The van der Waals surface area contributed by atoms with Gasteiger partial charge in [0, 0.05) is 18.2 Å². The summed E-state index contributed by atoms with van der Waals surface area (Å²) in [5.74, 6) is 0.723. The molecule has 0 aliphatic rings. The van der Waals surface area contributed by atoms with Crippen molar-refractivity contribution in [3.8, 4) is 0 Å². The molecule has 0 unspecified atom stereocenters. The third kappa shape index (κ3) is 5.63. The maximum atomic E-state index is 12.4. The van der Waals surface area contributed by atoms with Crippen LogP contribution in [0.25, 0.3) is 6.08 Å². The molecule has 0 aromatic heterocycles. The standard InChI is InChI=1S/C13H14F2OS/c1-10(16)17-8-3-2-5-11-6-4-7-12(9-11)13(14)15/h2,4-7,9,13H,3,8H2,1H3. The van der Waals surface area contributed by atoms with E-state index in [1.165, 1.54) is 30.8 Å². The second-order valence-electron chi connectivity index (χ2n) is 3.50. The van der Waals surface area contributed by atoms with Crippen molar-refractivity contribution in [2.75, 3.05) is 5.75 Å². The number of alkyl halides is 2. The third-order valence-electron chi connectivity index (χ3n) is 2.06. The zero-order chi connectivity index (χ0) is 12.7. The monoisotopic (exact) mass is 256 g/mol. The Kier molecular flexibility index (Phi) is 5.91. The van der Waals surface area contributed by atoms with Crippen LogP contribution in [0.2, 0.25) is 0 Å². The molecule has 0 aliphatic carbocycles. The van der Waals surface area contributed by atoms with E-state index in [-0.39, 0.29) is 10.7 Å². The molecule has 0 bridgehead atoms. The van der Waals surface area contributed by atoms with Crippen LogP contribution in [-0.2, 0) is 4.79 Å². The van der Waals surface area contributed by atoms with Gasteiger partial charge in [-0.3, -0.25) is 4.79 Å². The molecular weight excluding hydrogens is 242 g/mol. The summed E-state index contributed by atoms with van der Waals surface area (Å²) in [7, 11) is 0. The molecule has 0 aliphatic heterocycles. The highest BCUT2D eigenvalue weighted by Crippen LogP contribution is 2.20. The van der Waals surface area contributed by atoms with Gasteiger partial charge in [-0.25, -0.2) is 8.78 Å². The van der Waals surface area contributed by atoms with Crippen molar-refractivity contribution in [1.82, 2.24) is 0 Å². The van der Waals surface area contributed by atoms with Crippen LogP contribution in [0.3, 0.4) is 0 Å². The number of allylic oxidation sites excluding steroid dienone is 1. The summed E-state index contributed by atoms with van der Waals surface area (Å²) >= 11 is 1.26. The molecule has 0 saturated carbocycles. The Balaban J connectivity index is 2.48. The van der Waals surface area contributed by atoms with Crippen LogP contribution in [0.15, 0.2) is 30.3 Å². The summed E-state index contributed by atoms with van der Waals surface area (Å²) in [6.07, 6.45) is 2.01. The smallest absolute Gasteiger partial charge is 0.263 e. The molecule has 1 aromatic rings. The van der Waals surface area contributed by atoms with Gasteiger partial charge in [0.2, 0.25) is 0 Å². The van der Waals surface area contributed by atoms with E-state index in [9.17, 15) is 13.6 Å². The van der Waals surface area contributed by atoms with Crippen LogP contribution in [-0.4, -0.2) is 10.9 Å². The molecule has 0 N–H and O–H groups in total. The molecular formula is C13H14F2OS. The van der Waals surface area contributed by atoms with E-state index in [2.05, 4.69) is 0 Å². The lowest BCUT2D eigenvalue weighted by Crippen LogP contribution is -1.85. The zero-order valence-corrected chi connectivity index (χ0v) is 10.3.